The summed E-state index contributed by atoms with van der Waals surface area (Å²) in [7, 11) is 0. The lowest BCUT2D eigenvalue weighted by Gasteiger charge is -2.30. The lowest BCUT2D eigenvalue weighted by Crippen LogP contribution is -2.48. The van der Waals surface area contributed by atoms with Gasteiger partial charge in [0.05, 0.1) is 6.42 Å². The number of carboxylic acid groups (broad SMARTS) is 1. The number of hydrogen-bond donors (Lipinski definition) is 2. The number of fused-ring (bicyclic) bond motifs is 1. The van der Waals surface area contributed by atoms with Crippen LogP contribution in [0, 0.1) is 35.0 Å². The molecule has 9 nitrogen and oxygen atoms in total. The Morgan fingerprint density at radius 2 is 1.74 bits per heavy atom. The number of Topliss-reactive ketones (excluding diaryl/α,β-unsaturated/α-hetero) is 1. The second-order valence-electron chi connectivity index (χ2n) is 8.58. The number of anilines is 1. The molecule has 1 amide bonds. The van der Waals surface area contributed by atoms with Crippen LogP contribution >= 0.6 is 0 Å². The number of amides is 1. The van der Waals surface area contributed by atoms with Crippen LogP contribution in [0.5, 0.6) is 5.75 Å². The highest BCUT2D eigenvalue weighted by atomic mass is 19.2. The van der Waals surface area contributed by atoms with Crippen molar-refractivity contribution in [3.05, 3.63) is 53.4 Å². The minimum absolute atomic E-state index is 0.0395. The van der Waals surface area contributed by atoms with Gasteiger partial charge in [0.2, 0.25) is 17.5 Å². The maximum atomic E-state index is 13.8. The molecule has 1 aliphatic heterocycles. The van der Waals surface area contributed by atoms with Gasteiger partial charge >= 0.3 is 5.97 Å². The highest BCUT2D eigenvalue weighted by molar-refractivity contribution is 5.93. The van der Waals surface area contributed by atoms with E-state index in [1.807, 2.05) is 0 Å². The number of hydrogen-bond acceptors (Lipinski definition) is 7. The number of ketones is 1. The van der Waals surface area contributed by atoms with Crippen LogP contribution in [-0.2, 0) is 14.4 Å². The van der Waals surface area contributed by atoms with Crippen molar-refractivity contribution in [2.45, 2.75) is 25.3 Å². The number of piperidine rings is 1. The Labute approximate surface area is 211 Å². The largest absolute Gasteiger partial charge is 0.481 e. The van der Waals surface area contributed by atoms with Crippen LogP contribution in [0.25, 0.3) is 11.1 Å². The zero-order valence-corrected chi connectivity index (χ0v) is 19.5. The standard InChI is InChI=1S/C24H20F5N3O6/c25-12-1-2-18-16(7-12)31-24(38-18)32-5-3-11(4-6-32)23(36)30-15(9-19(34)35)17(33)10-37-22-20(28)13(26)8-14(27)21(22)29/h1-2,7-8,11,15H,3-6,9-10H2,(H,30,36)(H,34,35)/t15-/m0/s1. The minimum Gasteiger partial charge on any atom is -0.481 e. The number of benzene rings is 2. The van der Waals surface area contributed by atoms with E-state index in [2.05, 4.69) is 15.0 Å². The van der Waals surface area contributed by atoms with Gasteiger partial charge in [-0.05, 0) is 25.0 Å². The van der Waals surface area contributed by atoms with Crippen molar-refractivity contribution in [2.24, 2.45) is 5.92 Å². The van der Waals surface area contributed by atoms with Crippen molar-refractivity contribution in [3.8, 4) is 5.75 Å². The van der Waals surface area contributed by atoms with Gasteiger partial charge in [0, 0.05) is 31.1 Å². The molecule has 2 heterocycles. The van der Waals surface area contributed by atoms with Gasteiger partial charge in [-0.3, -0.25) is 14.4 Å². The van der Waals surface area contributed by atoms with Gasteiger partial charge in [0.15, 0.2) is 28.8 Å². The minimum atomic E-state index is -1.87. The number of carbonyl (C=O) groups excluding carboxylic acids is 2. The first-order valence-electron chi connectivity index (χ1n) is 11.3. The molecule has 0 bridgehead atoms. The van der Waals surface area contributed by atoms with Crippen molar-refractivity contribution < 1.29 is 50.6 Å². The van der Waals surface area contributed by atoms with E-state index in [1.54, 1.807) is 4.90 Å². The first-order valence-corrected chi connectivity index (χ1v) is 11.3. The topological polar surface area (TPSA) is 122 Å². The van der Waals surface area contributed by atoms with E-state index in [0.29, 0.717) is 24.2 Å². The average Bonchev–Trinajstić information content (AvgIpc) is 3.30. The summed E-state index contributed by atoms with van der Waals surface area (Å²) in [5.74, 6) is -13.0. The smallest absolute Gasteiger partial charge is 0.305 e. The van der Waals surface area contributed by atoms with Crippen LogP contribution in [0.4, 0.5) is 28.0 Å². The summed E-state index contributed by atoms with van der Waals surface area (Å²) in [4.78, 5) is 42.5. The molecule has 0 unspecified atom stereocenters. The van der Waals surface area contributed by atoms with E-state index >= 15 is 0 Å². The monoisotopic (exact) mass is 541 g/mol. The number of carboxylic acids is 1. The summed E-state index contributed by atoms with van der Waals surface area (Å²) in [6.45, 7) is -0.527. The second-order valence-corrected chi connectivity index (χ2v) is 8.58. The number of aromatic nitrogens is 1. The van der Waals surface area contributed by atoms with Gasteiger partial charge in [0.1, 0.15) is 24.0 Å². The molecule has 0 aliphatic carbocycles. The van der Waals surface area contributed by atoms with E-state index in [0.717, 1.165) is 0 Å². The van der Waals surface area contributed by atoms with Gasteiger partial charge in [-0.25, -0.2) is 13.2 Å². The van der Waals surface area contributed by atoms with E-state index in [-0.39, 0.29) is 24.9 Å². The van der Waals surface area contributed by atoms with Crippen molar-refractivity contribution in [1.29, 1.82) is 0 Å². The Kier molecular flexibility index (Phi) is 7.78. The zero-order valence-electron chi connectivity index (χ0n) is 19.5. The summed E-state index contributed by atoms with van der Waals surface area (Å²) in [5, 5.41) is 11.4. The van der Waals surface area contributed by atoms with Gasteiger partial charge in [-0.2, -0.15) is 13.8 Å². The quantitative estimate of drug-likeness (QED) is 0.313. The van der Waals surface area contributed by atoms with Gasteiger partial charge in [0.25, 0.3) is 6.01 Å². The fraction of sp³-hybridized carbons (Fsp3) is 0.333. The van der Waals surface area contributed by atoms with Gasteiger partial charge in [-0.15, -0.1) is 0 Å². The maximum absolute atomic E-state index is 13.8. The van der Waals surface area contributed by atoms with Gasteiger partial charge < -0.3 is 24.5 Å². The Morgan fingerprint density at radius 3 is 2.37 bits per heavy atom. The van der Waals surface area contributed by atoms with Crippen molar-refractivity contribution >= 4 is 34.8 Å². The third-order valence-electron chi connectivity index (χ3n) is 5.99. The molecular formula is C24H20F5N3O6. The molecule has 2 N–H and O–H groups in total. The molecule has 38 heavy (non-hydrogen) atoms. The summed E-state index contributed by atoms with van der Waals surface area (Å²) in [6, 6.07) is 2.47. The molecule has 0 saturated carbocycles. The highest BCUT2D eigenvalue weighted by Gasteiger charge is 2.32. The molecule has 4 rings (SSSR count). The lowest BCUT2D eigenvalue weighted by molar-refractivity contribution is -0.141. The molecule has 202 valence electrons. The van der Waals surface area contributed by atoms with Crippen LogP contribution in [0.3, 0.4) is 0 Å². The fourth-order valence-corrected chi connectivity index (χ4v) is 3.99. The van der Waals surface area contributed by atoms with E-state index < -0.39 is 77.5 Å². The summed E-state index contributed by atoms with van der Waals surface area (Å²) < 4.78 is 77.9. The number of aliphatic carboxylic acids is 1. The van der Waals surface area contributed by atoms with Crippen LogP contribution < -0.4 is 15.0 Å². The third kappa shape index (κ3) is 5.84. The predicted molar refractivity (Wildman–Crippen MR) is 120 cm³/mol. The van der Waals surface area contributed by atoms with Crippen molar-refractivity contribution in [2.75, 3.05) is 24.6 Å². The van der Waals surface area contributed by atoms with Crippen molar-refractivity contribution in [3.63, 3.8) is 0 Å². The average molecular weight is 541 g/mol. The SMILES string of the molecule is O=C(O)C[C@H](NC(=O)C1CCN(c2nc3cc(F)ccc3o2)CC1)C(=O)COc1c(F)c(F)cc(F)c1F. The number of oxazole rings is 1. The fourth-order valence-electron chi connectivity index (χ4n) is 3.99. The Hall–Kier alpha value is -4.23. The number of ether oxygens (including phenoxy) is 1. The van der Waals surface area contributed by atoms with Crippen LogP contribution in [0.1, 0.15) is 19.3 Å². The van der Waals surface area contributed by atoms with Crippen LogP contribution in [-0.4, -0.2) is 53.5 Å². The second kappa shape index (κ2) is 11.0. The van der Waals surface area contributed by atoms with E-state index in [4.69, 9.17) is 9.52 Å². The lowest BCUT2D eigenvalue weighted by atomic mass is 9.95. The zero-order chi connectivity index (χ0) is 27.6. The molecule has 3 aromatic rings. The molecule has 14 heteroatoms. The number of nitrogens with one attached hydrogen (secondary N) is 1. The van der Waals surface area contributed by atoms with E-state index in [9.17, 15) is 36.3 Å². The summed E-state index contributed by atoms with van der Waals surface area (Å²) >= 11 is 0. The van der Waals surface area contributed by atoms with E-state index in [1.165, 1.54) is 18.2 Å². The van der Waals surface area contributed by atoms with Crippen molar-refractivity contribution in [1.82, 2.24) is 10.3 Å². The molecule has 0 radical (unpaired) electrons. The molecule has 1 aliphatic rings. The molecule has 1 aromatic heterocycles. The van der Waals surface area contributed by atoms with Crippen LogP contribution in [0.15, 0.2) is 28.7 Å². The number of halogens is 5. The highest BCUT2D eigenvalue weighted by Crippen LogP contribution is 2.28. The van der Waals surface area contributed by atoms with Crippen LogP contribution in [0.2, 0.25) is 0 Å². The summed E-state index contributed by atoms with van der Waals surface area (Å²) in [6.07, 6.45) is -0.306. The van der Waals surface area contributed by atoms with Gasteiger partial charge in [-0.1, -0.05) is 0 Å². The molecule has 2 aromatic carbocycles. The number of carbonyl (C=O) groups is 3. The first-order chi connectivity index (χ1) is 18.0. The Balaban J connectivity index is 1.36. The molecule has 0 spiro atoms. The molecular weight excluding hydrogens is 521 g/mol. The first kappa shape index (κ1) is 26.8. The normalized spacial score (nSPS) is 14.9. The third-order valence-corrected chi connectivity index (χ3v) is 5.99. The molecule has 1 saturated heterocycles. The predicted octanol–water partition coefficient (Wildman–Crippen LogP) is 3.35. The Bertz CT molecular complexity index is 1360. The Morgan fingerprint density at radius 1 is 1.08 bits per heavy atom. The number of nitrogens with zero attached hydrogens (tertiary/aromatic N) is 2. The summed E-state index contributed by atoms with van der Waals surface area (Å²) in [5.41, 5.74) is 0.720. The number of rotatable bonds is 9. The molecule has 1 fully saturated rings. The molecule has 1 atom stereocenters. The maximum Gasteiger partial charge on any atom is 0.305 e.